The summed E-state index contributed by atoms with van der Waals surface area (Å²) in [5, 5.41) is 9.21. The highest BCUT2D eigenvalue weighted by Gasteiger charge is 2.21. The van der Waals surface area contributed by atoms with Crippen molar-refractivity contribution < 1.29 is 18.4 Å². The third kappa shape index (κ3) is 3.96. The molecule has 0 N–H and O–H groups in total. The molecule has 0 aliphatic carbocycles. The van der Waals surface area contributed by atoms with E-state index in [4.69, 9.17) is 13.6 Å². The quantitative estimate of drug-likeness (QED) is 0.636. The maximum atomic E-state index is 12.3. The van der Waals surface area contributed by atoms with Crippen LogP contribution in [0.25, 0.3) is 11.3 Å². The van der Waals surface area contributed by atoms with Crippen molar-refractivity contribution in [2.45, 2.75) is 13.3 Å². The molecular formula is C19H16N2O4. The van der Waals surface area contributed by atoms with Crippen molar-refractivity contribution in [3.05, 3.63) is 66.1 Å². The van der Waals surface area contributed by atoms with Gasteiger partial charge in [-0.05, 0) is 19.1 Å². The minimum absolute atomic E-state index is 0.0454. The highest BCUT2D eigenvalue weighted by Crippen LogP contribution is 2.24. The summed E-state index contributed by atoms with van der Waals surface area (Å²) >= 11 is 0. The molecule has 0 bridgehead atoms. The molecule has 1 atom stereocenters. The van der Waals surface area contributed by atoms with Crippen molar-refractivity contribution in [2.75, 3.05) is 6.61 Å². The number of nitriles is 1. The van der Waals surface area contributed by atoms with Crippen LogP contribution in [0.3, 0.4) is 0 Å². The molecule has 2 aromatic heterocycles. The van der Waals surface area contributed by atoms with Gasteiger partial charge in [-0.15, -0.1) is 0 Å². The lowest BCUT2D eigenvalue weighted by Crippen LogP contribution is -2.15. The summed E-state index contributed by atoms with van der Waals surface area (Å²) in [4.78, 5) is 16.3. The van der Waals surface area contributed by atoms with Crippen LogP contribution in [0.4, 0.5) is 0 Å². The topological polar surface area (TPSA) is 89.3 Å². The Morgan fingerprint density at radius 1 is 1.28 bits per heavy atom. The van der Waals surface area contributed by atoms with Gasteiger partial charge < -0.3 is 13.6 Å². The zero-order valence-corrected chi connectivity index (χ0v) is 13.6. The van der Waals surface area contributed by atoms with Crippen LogP contribution in [0.5, 0.6) is 0 Å². The van der Waals surface area contributed by atoms with Gasteiger partial charge >= 0.3 is 5.97 Å². The lowest BCUT2D eigenvalue weighted by Gasteiger charge is -2.08. The van der Waals surface area contributed by atoms with Gasteiger partial charge in [0.2, 0.25) is 0 Å². The van der Waals surface area contributed by atoms with Crippen molar-refractivity contribution >= 4 is 5.97 Å². The Morgan fingerprint density at radius 2 is 2.08 bits per heavy atom. The average Bonchev–Trinajstić information content (AvgIpc) is 3.30. The highest BCUT2D eigenvalue weighted by atomic mass is 16.5. The molecule has 0 radical (unpaired) electrons. The highest BCUT2D eigenvalue weighted by molar-refractivity contribution is 5.93. The van der Waals surface area contributed by atoms with Gasteiger partial charge in [0, 0.05) is 12.0 Å². The van der Waals surface area contributed by atoms with E-state index in [1.807, 2.05) is 31.2 Å². The van der Waals surface area contributed by atoms with Crippen molar-refractivity contribution in [2.24, 2.45) is 5.92 Å². The fraction of sp³-hybridized carbons (Fsp3) is 0.211. The lowest BCUT2D eigenvalue weighted by atomic mass is 10.1. The Bertz CT molecular complexity index is 873. The average molecular weight is 336 g/mol. The van der Waals surface area contributed by atoms with Crippen molar-refractivity contribution in [1.29, 1.82) is 5.26 Å². The van der Waals surface area contributed by atoms with E-state index in [9.17, 15) is 10.1 Å². The maximum Gasteiger partial charge on any atom is 0.361 e. The molecule has 0 fully saturated rings. The number of carbonyl (C=O) groups is 1. The maximum absolute atomic E-state index is 12.3. The van der Waals surface area contributed by atoms with Gasteiger partial charge in [0.25, 0.3) is 0 Å². The van der Waals surface area contributed by atoms with Crippen LogP contribution >= 0.6 is 0 Å². The van der Waals surface area contributed by atoms with E-state index in [2.05, 4.69) is 11.1 Å². The number of rotatable bonds is 6. The standard InChI is InChI=1S/C19H16N2O4/c1-13-4-6-15(7-5-13)18-17(21-12-25-18)19(22)24-11-14(10-20)9-16-3-2-8-23-16/h2-8,12,14H,9,11H2,1H3/t14-/m1/s1. The first kappa shape index (κ1) is 16.5. The smallest absolute Gasteiger partial charge is 0.361 e. The van der Waals surface area contributed by atoms with Crippen molar-refractivity contribution in [3.8, 4) is 17.4 Å². The number of esters is 1. The second kappa shape index (κ2) is 7.49. The molecule has 0 aliphatic heterocycles. The van der Waals surface area contributed by atoms with Crippen LogP contribution in [0.2, 0.25) is 0 Å². The van der Waals surface area contributed by atoms with E-state index >= 15 is 0 Å². The van der Waals surface area contributed by atoms with Gasteiger partial charge in [-0.1, -0.05) is 29.8 Å². The van der Waals surface area contributed by atoms with Gasteiger partial charge in [0.15, 0.2) is 17.8 Å². The molecular weight excluding hydrogens is 320 g/mol. The first-order valence-electron chi connectivity index (χ1n) is 7.77. The summed E-state index contributed by atoms with van der Waals surface area (Å²) in [6.45, 7) is 1.93. The Kier molecular flexibility index (Phi) is 4.95. The molecule has 25 heavy (non-hydrogen) atoms. The Labute approximate surface area is 144 Å². The number of ether oxygens (including phenoxy) is 1. The molecule has 6 nitrogen and oxygen atoms in total. The summed E-state index contributed by atoms with van der Waals surface area (Å²) in [5.74, 6) is -0.0947. The predicted octanol–water partition coefficient (Wildman–Crippen LogP) is 3.78. The van der Waals surface area contributed by atoms with E-state index in [0.29, 0.717) is 17.9 Å². The number of carbonyl (C=O) groups excluding carboxylic acids is 1. The lowest BCUT2D eigenvalue weighted by molar-refractivity contribution is 0.0460. The molecule has 6 heteroatoms. The summed E-state index contributed by atoms with van der Waals surface area (Å²) in [7, 11) is 0. The normalized spacial score (nSPS) is 11.7. The predicted molar refractivity (Wildman–Crippen MR) is 88.5 cm³/mol. The third-order valence-electron chi connectivity index (χ3n) is 3.70. The second-order valence-corrected chi connectivity index (χ2v) is 5.60. The number of aryl methyl sites for hydroxylation is 1. The van der Waals surface area contributed by atoms with E-state index < -0.39 is 11.9 Å². The molecule has 0 saturated heterocycles. The Morgan fingerprint density at radius 3 is 2.76 bits per heavy atom. The van der Waals surface area contributed by atoms with E-state index in [1.165, 1.54) is 6.39 Å². The Balaban J connectivity index is 1.67. The SMILES string of the molecule is Cc1ccc(-c2ocnc2C(=O)OC[C@@H](C#N)Cc2ccco2)cc1. The van der Waals surface area contributed by atoms with Gasteiger partial charge in [-0.3, -0.25) is 0 Å². The Hall–Kier alpha value is -3.33. The van der Waals surface area contributed by atoms with Crippen LogP contribution < -0.4 is 0 Å². The van der Waals surface area contributed by atoms with Gasteiger partial charge in [0.05, 0.1) is 18.3 Å². The first-order chi connectivity index (χ1) is 12.2. The molecule has 3 rings (SSSR count). The zero-order valence-electron chi connectivity index (χ0n) is 13.6. The third-order valence-corrected chi connectivity index (χ3v) is 3.70. The number of oxazole rings is 1. The number of nitrogens with zero attached hydrogens (tertiary/aromatic N) is 2. The number of benzene rings is 1. The van der Waals surface area contributed by atoms with Gasteiger partial charge in [0.1, 0.15) is 12.4 Å². The van der Waals surface area contributed by atoms with Crippen LogP contribution in [0.1, 0.15) is 21.8 Å². The van der Waals surface area contributed by atoms with Gasteiger partial charge in [-0.25, -0.2) is 9.78 Å². The summed E-state index contributed by atoms with van der Waals surface area (Å²) in [6, 6.07) is 13.2. The fourth-order valence-corrected chi connectivity index (χ4v) is 2.36. The minimum atomic E-state index is -0.621. The summed E-state index contributed by atoms with van der Waals surface area (Å²) in [6.07, 6.45) is 3.12. The van der Waals surface area contributed by atoms with Gasteiger partial charge in [-0.2, -0.15) is 5.26 Å². The molecule has 0 unspecified atom stereocenters. The summed E-state index contributed by atoms with van der Waals surface area (Å²) in [5.41, 5.74) is 1.93. The van der Waals surface area contributed by atoms with Crippen LogP contribution in [-0.2, 0) is 11.2 Å². The zero-order chi connectivity index (χ0) is 17.6. The molecule has 0 spiro atoms. The molecule has 0 amide bonds. The first-order valence-corrected chi connectivity index (χ1v) is 7.77. The molecule has 1 aromatic carbocycles. The fourth-order valence-electron chi connectivity index (χ4n) is 2.36. The van der Waals surface area contributed by atoms with E-state index in [-0.39, 0.29) is 12.3 Å². The van der Waals surface area contributed by atoms with Crippen LogP contribution in [0.15, 0.2) is 57.9 Å². The molecule has 126 valence electrons. The van der Waals surface area contributed by atoms with Crippen molar-refractivity contribution in [1.82, 2.24) is 4.98 Å². The molecule has 0 saturated carbocycles. The molecule has 0 aliphatic rings. The number of furan rings is 1. The minimum Gasteiger partial charge on any atom is -0.469 e. The van der Waals surface area contributed by atoms with Crippen LogP contribution in [0, 0.1) is 24.2 Å². The molecule has 2 heterocycles. The molecule has 3 aromatic rings. The summed E-state index contributed by atoms with van der Waals surface area (Å²) < 4.78 is 15.8. The monoisotopic (exact) mass is 336 g/mol. The van der Waals surface area contributed by atoms with E-state index in [0.717, 1.165) is 11.1 Å². The number of hydrogen-bond acceptors (Lipinski definition) is 6. The number of aromatic nitrogens is 1. The van der Waals surface area contributed by atoms with Crippen molar-refractivity contribution in [3.63, 3.8) is 0 Å². The second-order valence-electron chi connectivity index (χ2n) is 5.60. The number of hydrogen-bond donors (Lipinski definition) is 0. The van der Waals surface area contributed by atoms with Crippen LogP contribution in [-0.4, -0.2) is 17.6 Å². The largest absolute Gasteiger partial charge is 0.469 e. The van der Waals surface area contributed by atoms with E-state index in [1.54, 1.807) is 18.4 Å².